The zero-order valence-electron chi connectivity index (χ0n) is 12.1. The molecule has 1 rings (SSSR count). The molecule has 0 saturated heterocycles. The fourth-order valence-corrected chi connectivity index (χ4v) is 1.91. The second-order valence-corrected chi connectivity index (χ2v) is 4.55. The molecule has 1 aromatic rings. The molecular weight excluding hydrogens is 258 g/mol. The molecule has 0 aliphatic heterocycles. The van der Waals surface area contributed by atoms with Gasteiger partial charge in [-0.1, -0.05) is 0 Å². The van der Waals surface area contributed by atoms with Crippen molar-refractivity contribution < 1.29 is 14.7 Å². The Morgan fingerprint density at radius 2 is 2.05 bits per heavy atom. The lowest BCUT2D eigenvalue weighted by atomic mass is 10.2. The van der Waals surface area contributed by atoms with Crippen LogP contribution in [0.1, 0.15) is 37.7 Å². The number of amides is 1. The Bertz CT molecular complexity index is 472. The number of carbonyl (C=O) groups is 2. The van der Waals surface area contributed by atoms with Crippen LogP contribution in [0.2, 0.25) is 0 Å². The first kappa shape index (κ1) is 15.9. The van der Waals surface area contributed by atoms with Crippen molar-refractivity contribution in [3.05, 3.63) is 24.0 Å². The smallest absolute Gasteiger partial charge is 0.305 e. The summed E-state index contributed by atoms with van der Waals surface area (Å²) < 4.78 is 0. The highest BCUT2D eigenvalue weighted by atomic mass is 16.4. The van der Waals surface area contributed by atoms with Crippen LogP contribution < -0.4 is 5.32 Å². The minimum Gasteiger partial charge on any atom is -0.481 e. The zero-order valence-corrected chi connectivity index (χ0v) is 12.1. The predicted molar refractivity (Wildman–Crippen MR) is 76.8 cm³/mol. The molecule has 1 aromatic heterocycles. The number of carboxylic acid groups (broad SMARTS) is 1. The lowest BCUT2D eigenvalue weighted by Crippen LogP contribution is -2.31. The normalized spacial score (nSPS) is 11.8. The van der Waals surface area contributed by atoms with Gasteiger partial charge >= 0.3 is 5.97 Å². The number of aliphatic carboxylic acids is 1. The van der Waals surface area contributed by atoms with Crippen LogP contribution in [0.15, 0.2) is 18.3 Å². The number of carboxylic acids is 1. The lowest BCUT2D eigenvalue weighted by Gasteiger charge is -2.19. The highest BCUT2D eigenvalue weighted by molar-refractivity contribution is 5.93. The molecule has 6 heteroatoms. The first-order chi connectivity index (χ1) is 9.47. The minimum atomic E-state index is -0.863. The molecule has 1 amide bonds. The molecule has 0 aromatic carbocycles. The van der Waals surface area contributed by atoms with Gasteiger partial charge in [0, 0.05) is 31.0 Å². The van der Waals surface area contributed by atoms with E-state index < -0.39 is 5.97 Å². The van der Waals surface area contributed by atoms with Crippen LogP contribution in [-0.4, -0.2) is 46.0 Å². The Hall–Kier alpha value is -2.11. The monoisotopic (exact) mass is 279 g/mol. The van der Waals surface area contributed by atoms with Gasteiger partial charge in [-0.3, -0.25) is 14.6 Å². The van der Waals surface area contributed by atoms with Gasteiger partial charge in [0.05, 0.1) is 6.42 Å². The summed E-state index contributed by atoms with van der Waals surface area (Å²) in [5.41, 5.74) is 1.06. The van der Waals surface area contributed by atoms with Gasteiger partial charge in [0.2, 0.25) is 0 Å². The van der Waals surface area contributed by atoms with Crippen molar-refractivity contribution in [1.82, 2.24) is 9.88 Å². The summed E-state index contributed by atoms with van der Waals surface area (Å²) in [4.78, 5) is 28.6. The Labute approximate surface area is 118 Å². The quantitative estimate of drug-likeness (QED) is 0.795. The van der Waals surface area contributed by atoms with Gasteiger partial charge in [-0.15, -0.1) is 0 Å². The fraction of sp³-hybridized carbons (Fsp3) is 0.500. The van der Waals surface area contributed by atoms with Gasteiger partial charge < -0.3 is 15.3 Å². The van der Waals surface area contributed by atoms with Crippen LogP contribution in [0, 0.1) is 0 Å². The Morgan fingerprint density at radius 1 is 1.40 bits per heavy atom. The lowest BCUT2D eigenvalue weighted by molar-refractivity contribution is -0.137. The molecule has 2 N–H and O–H groups in total. The van der Waals surface area contributed by atoms with Gasteiger partial charge in [-0.05, 0) is 32.9 Å². The maximum atomic E-state index is 12.2. The standard InChI is InChI=1S/C14H21N3O3/c1-4-17(5-2)14(20)12-9-11(6-7-15-12)16-10(3)8-13(18)19/h6-7,9-10H,4-5,8H2,1-3H3,(H,15,16)(H,18,19). The van der Waals surface area contributed by atoms with Crippen LogP contribution >= 0.6 is 0 Å². The number of hydrogen-bond acceptors (Lipinski definition) is 4. The van der Waals surface area contributed by atoms with E-state index in [1.807, 2.05) is 13.8 Å². The van der Waals surface area contributed by atoms with E-state index in [0.717, 1.165) is 0 Å². The van der Waals surface area contributed by atoms with Crippen molar-refractivity contribution in [2.45, 2.75) is 33.2 Å². The molecule has 0 saturated carbocycles. The highest BCUT2D eigenvalue weighted by Crippen LogP contribution is 2.12. The first-order valence-corrected chi connectivity index (χ1v) is 6.71. The van der Waals surface area contributed by atoms with Crippen molar-refractivity contribution >= 4 is 17.6 Å². The summed E-state index contributed by atoms with van der Waals surface area (Å²) in [5.74, 6) is -0.983. The molecule has 0 spiro atoms. The Balaban J connectivity index is 2.80. The molecule has 0 bridgehead atoms. The maximum absolute atomic E-state index is 12.2. The summed E-state index contributed by atoms with van der Waals surface area (Å²) in [6.45, 7) is 6.87. The number of rotatable bonds is 7. The molecule has 1 unspecified atom stereocenters. The number of carbonyl (C=O) groups excluding carboxylic acids is 1. The molecule has 1 heterocycles. The van der Waals surface area contributed by atoms with Crippen molar-refractivity contribution in [3.63, 3.8) is 0 Å². The van der Waals surface area contributed by atoms with Crippen LogP contribution in [0.4, 0.5) is 5.69 Å². The van der Waals surface area contributed by atoms with E-state index in [1.54, 1.807) is 30.2 Å². The summed E-state index contributed by atoms with van der Waals surface area (Å²) in [6, 6.07) is 3.16. The van der Waals surface area contributed by atoms with E-state index in [0.29, 0.717) is 24.5 Å². The molecule has 6 nitrogen and oxygen atoms in total. The van der Waals surface area contributed by atoms with Crippen LogP contribution in [-0.2, 0) is 4.79 Å². The van der Waals surface area contributed by atoms with Crippen molar-refractivity contribution in [2.75, 3.05) is 18.4 Å². The zero-order chi connectivity index (χ0) is 15.1. The SMILES string of the molecule is CCN(CC)C(=O)c1cc(NC(C)CC(=O)O)ccn1. The molecular formula is C14H21N3O3. The third-order valence-electron chi connectivity index (χ3n) is 2.92. The summed E-state index contributed by atoms with van der Waals surface area (Å²) in [7, 11) is 0. The topological polar surface area (TPSA) is 82.5 Å². The van der Waals surface area contributed by atoms with Crippen molar-refractivity contribution in [3.8, 4) is 0 Å². The Kier molecular flexibility index (Phi) is 5.96. The van der Waals surface area contributed by atoms with Crippen molar-refractivity contribution in [1.29, 1.82) is 0 Å². The van der Waals surface area contributed by atoms with Crippen LogP contribution in [0.3, 0.4) is 0 Å². The van der Waals surface area contributed by atoms with Gasteiger partial charge in [0.25, 0.3) is 5.91 Å². The third-order valence-corrected chi connectivity index (χ3v) is 2.92. The number of nitrogens with one attached hydrogen (secondary N) is 1. The number of pyridine rings is 1. The molecule has 0 aliphatic rings. The van der Waals surface area contributed by atoms with E-state index in [4.69, 9.17) is 5.11 Å². The van der Waals surface area contributed by atoms with E-state index in [2.05, 4.69) is 10.3 Å². The van der Waals surface area contributed by atoms with Gasteiger partial charge in [0.1, 0.15) is 5.69 Å². The second kappa shape index (κ2) is 7.47. The minimum absolute atomic E-state index is 0.0155. The predicted octanol–water partition coefficient (Wildman–Crippen LogP) is 1.84. The largest absolute Gasteiger partial charge is 0.481 e. The Morgan fingerprint density at radius 3 is 2.60 bits per heavy atom. The number of hydrogen-bond donors (Lipinski definition) is 2. The maximum Gasteiger partial charge on any atom is 0.305 e. The van der Waals surface area contributed by atoms with Crippen LogP contribution in [0.5, 0.6) is 0 Å². The van der Waals surface area contributed by atoms with E-state index in [1.165, 1.54) is 0 Å². The van der Waals surface area contributed by atoms with Gasteiger partial charge in [-0.2, -0.15) is 0 Å². The van der Waals surface area contributed by atoms with Gasteiger partial charge in [-0.25, -0.2) is 0 Å². The molecule has 0 aliphatic carbocycles. The average Bonchev–Trinajstić information content (AvgIpc) is 2.39. The second-order valence-electron chi connectivity index (χ2n) is 4.55. The number of aromatic nitrogens is 1. The fourth-order valence-electron chi connectivity index (χ4n) is 1.91. The van der Waals surface area contributed by atoms with E-state index in [9.17, 15) is 9.59 Å². The van der Waals surface area contributed by atoms with Gasteiger partial charge in [0.15, 0.2) is 0 Å². The molecule has 0 radical (unpaired) electrons. The third kappa shape index (κ3) is 4.53. The summed E-state index contributed by atoms with van der Waals surface area (Å²) in [5, 5.41) is 11.8. The molecule has 1 atom stereocenters. The molecule has 110 valence electrons. The van der Waals surface area contributed by atoms with E-state index in [-0.39, 0.29) is 18.4 Å². The summed E-state index contributed by atoms with van der Waals surface area (Å²) in [6.07, 6.45) is 1.56. The average molecular weight is 279 g/mol. The summed E-state index contributed by atoms with van der Waals surface area (Å²) >= 11 is 0. The van der Waals surface area contributed by atoms with E-state index >= 15 is 0 Å². The molecule has 20 heavy (non-hydrogen) atoms. The van der Waals surface area contributed by atoms with Crippen LogP contribution in [0.25, 0.3) is 0 Å². The number of anilines is 1. The molecule has 0 fully saturated rings. The highest BCUT2D eigenvalue weighted by Gasteiger charge is 2.15. The first-order valence-electron chi connectivity index (χ1n) is 6.71. The number of nitrogens with zero attached hydrogens (tertiary/aromatic N) is 2. The van der Waals surface area contributed by atoms with Crippen molar-refractivity contribution in [2.24, 2.45) is 0 Å².